The van der Waals surface area contributed by atoms with Gasteiger partial charge in [-0.15, -0.1) is 0 Å². The number of rotatable bonds is 1. The Kier molecular flexibility index (Phi) is 2.54. The summed E-state index contributed by atoms with van der Waals surface area (Å²) in [5, 5.41) is 3.60. The molecule has 3 heteroatoms. The molecule has 0 aromatic heterocycles. The molecule has 0 saturated carbocycles. The van der Waals surface area contributed by atoms with Crippen LogP contribution in [0.3, 0.4) is 0 Å². The summed E-state index contributed by atoms with van der Waals surface area (Å²) in [5.74, 6) is 0. The Hall–Kier alpha value is -0.570. The Bertz CT molecular complexity index is 182. The highest BCUT2D eigenvalue weighted by Crippen LogP contribution is 2.28. The van der Waals surface area contributed by atoms with Gasteiger partial charge >= 0.3 is 0 Å². The van der Waals surface area contributed by atoms with Gasteiger partial charge in [-0.1, -0.05) is 6.42 Å². The van der Waals surface area contributed by atoms with E-state index in [1.54, 1.807) is 0 Å². The molecular formula is C10H18N2O. The van der Waals surface area contributed by atoms with Gasteiger partial charge in [0.25, 0.3) is 0 Å². The smallest absolute Gasteiger partial charge is 0.209 e. The molecule has 74 valence electrons. The van der Waals surface area contributed by atoms with Crippen molar-refractivity contribution < 1.29 is 4.79 Å². The molecule has 2 aliphatic heterocycles. The SMILES string of the molecule is O=CN1CCCC2(CCCCN2)C1. The van der Waals surface area contributed by atoms with Crippen LogP contribution in [0.2, 0.25) is 0 Å². The molecule has 13 heavy (non-hydrogen) atoms. The van der Waals surface area contributed by atoms with E-state index in [0.717, 1.165) is 32.5 Å². The lowest BCUT2D eigenvalue weighted by atomic mass is 9.82. The number of likely N-dealkylation sites (tertiary alicyclic amines) is 1. The molecule has 2 aliphatic rings. The Morgan fingerprint density at radius 2 is 2.08 bits per heavy atom. The first-order valence-electron chi connectivity index (χ1n) is 5.29. The Morgan fingerprint density at radius 3 is 2.77 bits per heavy atom. The first-order chi connectivity index (χ1) is 6.35. The first-order valence-corrected chi connectivity index (χ1v) is 5.29. The second kappa shape index (κ2) is 3.66. The maximum absolute atomic E-state index is 10.7. The summed E-state index contributed by atoms with van der Waals surface area (Å²) in [6.45, 7) is 3.01. The molecule has 2 rings (SSSR count). The summed E-state index contributed by atoms with van der Waals surface area (Å²) in [7, 11) is 0. The van der Waals surface area contributed by atoms with Gasteiger partial charge in [-0.25, -0.2) is 0 Å². The van der Waals surface area contributed by atoms with Crippen LogP contribution in [-0.4, -0.2) is 36.5 Å². The summed E-state index contributed by atoms with van der Waals surface area (Å²) in [4.78, 5) is 12.6. The third kappa shape index (κ3) is 1.85. The van der Waals surface area contributed by atoms with Crippen molar-refractivity contribution in [3.63, 3.8) is 0 Å². The fraction of sp³-hybridized carbons (Fsp3) is 0.900. The van der Waals surface area contributed by atoms with Crippen LogP contribution < -0.4 is 5.32 Å². The van der Waals surface area contributed by atoms with Gasteiger partial charge in [-0.2, -0.15) is 0 Å². The van der Waals surface area contributed by atoms with E-state index in [2.05, 4.69) is 5.32 Å². The Balaban J connectivity index is 1.99. The molecule has 0 aliphatic carbocycles. The standard InChI is InChI=1S/C10H18N2O/c13-9-12-7-3-5-10(8-12)4-1-2-6-11-10/h9,11H,1-8H2. The number of piperidine rings is 2. The van der Waals surface area contributed by atoms with E-state index in [1.165, 1.54) is 25.7 Å². The quantitative estimate of drug-likeness (QED) is 0.607. The van der Waals surface area contributed by atoms with Crippen LogP contribution in [0.25, 0.3) is 0 Å². The van der Waals surface area contributed by atoms with E-state index in [9.17, 15) is 4.79 Å². The minimum Gasteiger partial charge on any atom is -0.343 e. The molecule has 0 radical (unpaired) electrons. The predicted octanol–water partition coefficient (Wildman–Crippen LogP) is 0.751. The molecule has 2 heterocycles. The average Bonchev–Trinajstić information content (AvgIpc) is 2.19. The molecule has 1 amide bonds. The van der Waals surface area contributed by atoms with E-state index in [4.69, 9.17) is 0 Å². The van der Waals surface area contributed by atoms with E-state index >= 15 is 0 Å². The van der Waals surface area contributed by atoms with E-state index in [1.807, 2.05) is 4.90 Å². The number of carbonyl (C=O) groups excluding carboxylic acids is 1. The molecule has 2 saturated heterocycles. The molecular weight excluding hydrogens is 164 g/mol. The minimum absolute atomic E-state index is 0.275. The van der Waals surface area contributed by atoms with E-state index in [-0.39, 0.29) is 5.54 Å². The van der Waals surface area contributed by atoms with Crippen molar-refractivity contribution in [2.24, 2.45) is 0 Å². The molecule has 0 aromatic rings. The van der Waals surface area contributed by atoms with Gasteiger partial charge in [0.15, 0.2) is 0 Å². The Morgan fingerprint density at radius 1 is 1.23 bits per heavy atom. The predicted molar refractivity (Wildman–Crippen MR) is 51.5 cm³/mol. The van der Waals surface area contributed by atoms with E-state index in [0.29, 0.717) is 0 Å². The van der Waals surface area contributed by atoms with Crippen LogP contribution in [0.15, 0.2) is 0 Å². The normalized spacial score (nSPS) is 34.9. The number of amides is 1. The lowest BCUT2D eigenvalue weighted by molar-refractivity contribution is -0.120. The van der Waals surface area contributed by atoms with Gasteiger partial charge in [0.2, 0.25) is 6.41 Å². The van der Waals surface area contributed by atoms with Crippen LogP contribution in [-0.2, 0) is 4.79 Å². The highest BCUT2D eigenvalue weighted by Gasteiger charge is 2.35. The van der Waals surface area contributed by atoms with Crippen LogP contribution in [0.1, 0.15) is 32.1 Å². The third-order valence-corrected chi connectivity index (χ3v) is 3.34. The van der Waals surface area contributed by atoms with Crippen molar-refractivity contribution in [2.75, 3.05) is 19.6 Å². The zero-order chi connectivity index (χ0) is 9.15. The maximum Gasteiger partial charge on any atom is 0.209 e. The number of nitrogens with one attached hydrogen (secondary N) is 1. The van der Waals surface area contributed by atoms with Gasteiger partial charge in [0.05, 0.1) is 0 Å². The maximum atomic E-state index is 10.7. The molecule has 1 spiro atoms. The van der Waals surface area contributed by atoms with Crippen molar-refractivity contribution >= 4 is 6.41 Å². The minimum atomic E-state index is 0.275. The van der Waals surface area contributed by atoms with Gasteiger partial charge in [0, 0.05) is 18.6 Å². The van der Waals surface area contributed by atoms with Crippen LogP contribution in [0.5, 0.6) is 0 Å². The lowest BCUT2D eigenvalue weighted by Crippen LogP contribution is -2.58. The number of nitrogens with zero attached hydrogens (tertiary/aromatic N) is 1. The molecule has 0 bridgehead atoms. The molecule has 1 atom stereocenters. The topological polar surface area (TPSA) is 32.3 Å². The number of hydrogen-bond donors (Lipinski definition) is 1. The van der Waals surface area contributed by atoms with Gasteiger partial charge in [0.1, 0.15) is 0 Å². The van der Waals surface area contributed by atoms with Crippen LogP contribution >= 0.6 is 0 Å². The van der Waals surface area contributed by atoms with Crippen molar-refractivity contribution in [3.05, 3.63) is 0 Å². The summed E-state index contributed by atoms with van der Waals surface area (Å²) in [5.41, 5.74) is 0.275. The largest absolute Gasteiger partial charge is 0.343 e. The first kappa shape index (κ1) is 9.00. The number of carbonyl (C=O) groups is 1. The fourth-order valence-corrected chi connectivity index (χ4v) is 2.64. The van der Waals surface area contributed by atoms with Gasteiger partial charge < -0.3 is 10.2 Å². The zero-order valence-corrected chi connectivity index (χ0v) is 8.09. The molecule has 1 N–H and O–H groups in total. The second-order valence-electron chi connectivity index (χ2n) is 4.34. The van der Waals surface area contributed by atoms with Crippen molar-refractivity contribution in [3.8, 4) is 0 Å². The number of hydrogen-bond acceptors (Lipinski definition) is 2. The molecule has 1 unspecified atom stereocenters. The molecule has 2 fully saturated rings. The van der Waals surface area contributed by atoms with Gasteiger partial charge in [-0.3, -0.25) is 4.79 Å². The summed E-state index contributed by atoms with van der Waals surface area (Å²) >= 11 is 0. The monoisotopic (exact) mass is 182 g/mol. The van der Waals surface area contributed by atoms with Crippen molar-refractivity contribution in [2.45, 2.75) is 37.6 Å². The van der Waals surface area contributed by atoms with E-state index < -0.39 is 0 Å². The van der Waals surface area contributed by atoms with Crippen LogP contribution in [0.4, 0.5) is 0 Å². The molecule has 0 aromatic carbocycles. The summed E-state index contributed by atoms with van der Waals surface area (Å²) in [6, 6.07) is 0. The highest BCUT2D eigenvalue weighted by molar-refractivity contribution is 5.47. The van der Waals surface area contributed by atoms with Crippen LogP contribution in [0, 0.1) is 0 Å². The summed E-state index contributed by atoms with van der Waals surface area (Å²) < 4.78 is 0. The average molecular weight is 182 g/mol. The second-order valence-corrected chi connectivity index (χ2v) is 4.34. The zero-order valence-electron chi connectivity index (χ0n) is 8.09. The highest BCUT2D eigenvalue weighted by atomic mass is 16.1. The summed E-state index contributed by atoms with van der Waals surface area (Å²) in [6.07, 6.45) is 7.26. The van der Waals surface area contributed by atoms with Crippen molar-refractivity contribution in [1.29, 1.82) is 0 Å². The third-order valence-electron chi connectivity index (χ3n) is 3.34. The molecule has 3 nitrogen and oxygen atoms in total. The van der Waals surface area contributed by atoms with Crippen molar-refractivity contribution in [1.82, 2.24) is 10.2 Å². The fourth-order valence-electron chi connectivity index (χ4n) is 2.64. The van der Waals surface area contributed by atoms with Gasteiger partial charge in [-0.05, 0) is 32.2 Å². The lowest BCUT2D eigenvalue weighted by Gasteiger charge is -2.44. The Labute approximate surface area is 79.5 Å².